The number of rotatable bonds is 4. The van der Waals surface area contributed by atoms with E-state index in [0.29, 0.717) is 5.78 Å². The smallest absolute Gasteiger partial charge is 0.291 e. The minimum absolute atomic E-state index is 0.0958. The van der Waals surface area contributed by atoms with E-state index in [1.165, 1.54) is 11.3 Å². The van der Waals surface area contributed by atoms with Crippen molar-refractivity contribution in [1.82, 2.24) is 29.9 Å². The Labute approximate surface area is 153 Å². The summed E-state index contributed by atoms with van der Waals surface area (Å²) in [6.07, 6.45) is 1.64. The van der Waals surface area contributed by atoms with Crippen molar-refractivity contribution in [2.24, 2.45) is 0 Å². The number of aryl methyl sites for hydroxylation is 1. The third kappa shape index (κ3) is 3.06. The molecule has 0 saturated heterocycles. The molecule has 0 aliphatic carbocycles. The molecule has 0 aliphatic rings. The Morgan fingerprint density at radius 2 is 2.00 bits per heavy atom. The summed E-state index contributed by atoms with van der Waals surface area (Å²) in [7, 11) is 0. The van der Waals surface area contributed by atoms with Crippen LogP contribution in [0.1, 0.15) is 34.3 Å². The summed E-state index contributed by atoms with van der Waals surface area (Å²) >= 11 is 1.51. The normalized spacial score (nSPS) is 12.2. The van der Waals surface area contributed by atoms with Crippen molar-refractivity contribution in [3.8, 4) is 11.3 Å². The van der Waals surface area contributed by atoms with Crippen molar-refractivity contribution in [1.29, 1.82) is 0 Å². The van der Waals surface area contributed by atoms with Gasteiger partial charge in [0.05, 0.1) is 11.7 Å². The summed E-state index contributed by atoms with van der Waals surface area (Å²) in [6.45, 7) is 3.78. The second-order valence-electron chi connectivity index (χ2n) is 5.87. The lowest BCUT2D eigenvalue weighted by molar-refractivity contribution is 0.0929. The molecule has 8 heteroatoms. The molecular formula is C18H16N6OS. The van der Waals surface area contributed by atoms with E-state index in [2.05, 4.69) is 25.4 Å². The first kappa shape index (κ1) is 16.3. The van der Waals surface area contributed by atoms with Crippen LogP contribution in [0.15, 0.2) is 48.0 Å². The van der Waals surface area contributed by atoms with Gasteiger partial charge in [0.25, 0.3) is 11.7 Å². The first-order chi connectivity index (χ1) is 12.6. The number of carbonyl (C=O) groups excluding carboxylic acids is 1. The summed E-state index contributed by atoms with van der Waals surface area (Å²) in [5.41, 5.74) is 2.82. The van der Waals surface area contributed by atoms with E-state index in [-0.39, 0.29) is 17.8 Å². The Morgan fingerprint density at radius 1 is 1.19 bits per heavy atom. The maximum Gasteiger partial charge on any atom is 0.291 e. The Hall–Kier alpha value is -3.13. The molecule has 0 fully saturated rings. The molecule has 0 radical (unpaired) electrons. The minimum atomic E-state index is -0.348. The van der Waals surface area contributed by atoms with Crippen LogP contribution < -0.4 is 5.32 Å². The van der Waals surface area contributed by atoms with Gasteiger partial charge in [-0.1, -0.05) is 30.3 Å². The fourth-order valence-electron chi connectivity index (χ4n) is 2.55. The summed E-state index contributed by atoms with van der Waals surface area (Å²) in [5, 5.41) is 9.95. The molecule has 1 N–H and O–H groups in total. The molecule has 3 aromatic heterocycles. The zero-order chi connectivity index (χ0) is 18.1. The van der Waals surface area contributed by atoms with Gasteiger partial charge in [-0.05, 0) is 19.9 Å². The maximum atomic E-state index is 12.5. The Bertz CT molecular complexity index is 1070. The van der Waals surface area contributed by atoms with Gasteiger partial charge in [0.1, 0.15) is 5.01 Å². The van der Waals surface area contributed by atoms with E-state index >= 15 is 0 Å². The molecule has 4 rings (SSSR count). The van der Waals surface area contributed by atoms with Crippen LogP contribution in [0.3, 0.4) is 0 Å². The lowest BCUT2D eigenvalue weighted by atomic mass is 10.2. The van der Waals surface area contributed by atoms with Crippen LogP contribution in [0.2, 0.25) is 0 Å². The summed E-state index contributed by atoms with van der Waals surface area (Å²) in [4.78, 5) is 25.4. The van der Waals surface area contributed by atoms with Crippen LogP contribution in [0.5, 0.6) is 0 Å². The molecule has 0 spiro atoms. The number of aromatic nitrogens is 5. The number of benzene rings is 1. The summed E-state index contributed by atoms with van der Waals surface area (Å²) in [5.74, 6) is 0.153. The number of amides is 1. The van der Waals surface area contributed by atoms with Crippen LogP contribution in [0.25, 0.3) is 17.0 Å². The molecule has 0 aliphatic heterocycles. The van der Waals surface area contributed by atoms with Crippen LogP contribution in [0, 0.1) is 6.92 Å². The van der Waals surface area contributed by atoms with Gasteiger partial charge in [-0.3, -0.25) is 4.79 Å². The van der Waals surface area contributed by atoms with Gasteiger partial charge in [-0.2, -0.15) is 4.98 Å². The molecule has 7 nitrogen and oxygen atoms in total. The highest BCUT2D eigenvalue weighted by atomic mass is 32.1. The molecular weight excluding hydrogens is 348 g/mol. The van der Waals surface area contributed by atoms with Gasteiger partial charge >= 0.3 is 0 Å². The Morgan fingerprint density at radius 3 is 2.77 bits per heavy atom. The molecule has 1 amide bonds. The van der Waals surface area contributed by atoms with Crippen LogP contribution in [-0.4, -0.2) is 30.5 Å². The van der Waals surface area contributed by atoms with Crippen LogP contribution in [0.4, 0.5) is 0 Å². The zero-order valence-electron chi connectivity index (χ0n) is 14.2. The van der Waals surface area contributed by atoms with Gasteiger partial charge in [-0.15, -0.1) is 16.4 Å². The highest BCUT2D eigenvalue weighted by Crippen LogP contribution is 2.25. The van der Waals surface area contributed by atoms with Gasteiger partial charge in [0, 0.05) is 22.8 Å². The third-order valence-corrected chi connectivity index (χ3v) is 4.97. The average molecular weight is 364 g/mol. The lowest BCUT2D eigenvalue weighted by Crippen LogP contribution is -2.27. The molecule has 1 aromatic carbocycles. The van der Waals surface area contributed by atoms with Gasteiger partial charge in [0.15, 0.2) is 0 Å². The van der Waals surface area contributed by atoms with Gasteiger partial charge in [-0.25, -0.2) is 14.5 Å². The number of fused-ring (bicyclic) bond motifs is 1. The van der Waals surface area contributed by atoms with E-state index < -0.39 is 0 Å². The quantitative estimate of drug-likeness (QED) is 0.602. The molecule has 1 unspecified atom stereocenters. The van der Waals surface area contributed by atoms with E-state index in [4.69, 9.17) is 0 Å². The van der Waals surface area contributed by atoms with Crippen LogP contribution in [-0.2, 0) is 0 Å². The van der Waals surface area contributed by atoms with Crippen molar-refractivity contribution in [2.45, 2.75) is 19.9 Å². The van der Waals surface area contributed by atoms with E-state index in [9.17, 15) is 4.79 Å². The average Bonchev–Trinajstić information content (AvgIpc) is 3.30. The second-order valence-corrected chi connectivity index (χ2v) is 6.76. The Kier molecular flexibility index (Phi) is 4.18. The summed E-state index contributed by atoms with van der Waals surface area (Å²) < 4.78 is 1.55. The van der Waals surface area contributed by atoms with Gasteiger partial charge < -0.3 is 5.32 Å². The fraction of sp³-hybridized carbons (Fsp3) is 0.167. The first-order valence-corrected chi connectivity index (χ1v) is 9.00. The first-order valence-electron chi connectivity index (χ1n) is 8.12. The number of hydrogen-bond donors (Lipinski definition) is 1. The molecule has 0 saturated carbocycles. The SMILES string of the molecule is Cc1ccnc2nc(C(=O)NC(C)c3nc(-c4ccccc4)cs3)nn12. The van der Waals surface area contributed by atoms with Crippen molar-refractivity contribution in [3.05, 3.63) is 64.5 Å². The zero-order valence-corrected chi connectivity index (χ0v) is 15.1. The van der Waals surface area contributed by atoms with Gasteiger partial charge in [0.2, 0.25) is 5.82 Å². The largest absolute Gasteiger partial charge is 0.340 e. The highest BCUT2D eigenvalue weighted by Gasteiger charge is 2.19. The van der Waals surface area contributed by atoms with Crippen molar-refractivity contribution >= 4 is 23.0 Å². The second kappa shape index (κ2) is 6.64. The molecule has 0 bridgehead atoms. The number of nitrogens with zero attached hydrogens (tertiary/aromatic N) is 5. The van der Waals surface area contributed by atoms with E-state index in [1.54, 1.807) is 10.7 Å². The standard InChI is InChI=1S/C18H16N6OS/c1-11-8-9-19-18-22-15(23-24(11)18)16(25)20-12(2)17-21-14(10-26-17)13-6-4-3-5-7-13/h3-10,12H,1-2H3,(H,20,25). The molecule has 130 valence electrons. The van der Waals surface area contributed by atoms with E-state index in [1.807, 2.05) is 55.6 Å². The Balaban J connectivity index is 1.52. The predicted molar refractivity (Wildman–Crippen MR) is 99.0 cm³/mol. The monoisotopic (exact) mass is 364 g/mol. The highest BCUT2D eigenvalue weighted by molar-refractivity contribution is 7.10. The number of thiazole rings is 1. The van der Waals surface area contributed by atoms with E-state index in [0.717, 1.165) is 22.0 Å². The molecule has 1 atom stereocenters. The molecule has 3 heterocycles. The maximum absolute atomic E-state index is 12.5. The number of carbonyl (C=O) groups is 1. The fourth-order valence-corrected chi connectivity index (χ4v) is 3.39. The molecule has 4 aromatic rings. The minimum Gasteiger partial charge on any atom is -0.340 e. The van der Waals surface area contributed by atoms with Crippen molar-refractivity contribution in [3.63, 3.8) is 0 Å². The number of nitrogens with one attached hydrogen (secondary N) is 1. The lowest BCUT2D eigenvalue weighted by Gasteiger charge is -2.09. The van der Waals surface area contributed by atoms with Crippen molar-refractivity contribution in [2.75, 3.05) is 0 Å². The topological polar surface area (TPSA) is 85.1 Å². The third-order valence-electron chi connectivity index (χ3n) is 3.94. The summed E-state index contributed by atoms with van der Waals surface area (Å²) in [6, 6.07) is 11.5. The predicted octanol–water partition coefficient (Wildman–Crippen LogP) is 3.05. The van der Waals surface area contributed by atoms with Crippen molar-refractivity contribution < 1.29 is 4.79 Å². The number of hydrogen-bond acceptors (Lipinski definition) is 6. The van der Waals surface area contributed by atoms with Crippen LogP contribution >= 0.6 is 11.3 Å². The molecule has 26 heavy (non-hydrogen) atoms.